The minimum Gasteiger partial charge on any atom is -0.494 e. The van der Waals surface area contributed by atoms with Gasteiger partial charge in [-0.2, -0.15) is 0 Å². The molecule has 2 N–H and O–H groups in total. The molecule has 29 heavy (non-hydrogen) atoms. The summed E-state index contributed by atoms with van der Waals surface area (Å²) in [6.07, 6.45) is 3.96. The number of hydrogen-bond donors (Lipinski definition) is 2. The number of unbranched alkanes of at least 4 members (excludes halogenated alkanes) is 2. The van der Waals surface area contributed by atoms with E-state index in [1.807, 2.05) is 0 Å². The zero-order chi connectivity index (χ0) is 21.5. The van der Waals surface area contributed by atoms with E-state index in [2.05, 4.69) is 0 Å². The predicted molar refractivity (Wildman–Crippen MR) is 105 cm³/mol. The van der Waals surface area contributed by atoms with Crippen LogP contribution in [0.5, 0.6) is 5.75 Å². The van der Waals surface area contributed by atoms with E-state index in [1.165, 1.54) is 24.3 Å². The Morgan fingerprint density at radius 1 is 0.724 bits per heavy atom. The minimum atomic E-state index is -0.795. The molecule has 2 rings (SSSR count). The van der Waals surface area contributed by atoms with E-state index in [-0.39, 0.29) is 24.5 Å². The van der Waals surface area contributed by atoms with Gasteiger partial charge in [-0.15, -0.1) is 0 Å². The van der Waals surface area contributed by atoms with Gasteiger partial charge in [0.05, 0.1) is 6.61 Å². The fourth-order valence-electron chi connectivity index (χ4n) is 2.36. The van der Waals surface area contributed by atoms with Crippen LogP contribution in [0.15, 0.2) is 48.5 Å². The normalized spacial score (nSPS) is 10.0. The number of aryl methyl sites for hydroxylation is 1. The van der Waals surface area contributed by atoms with Crippen LogP contribution >= 0.6 is 0 Å². The highest BCUT2D eigenvalue weighted by Crippen LogP contribution is 2.11. The molecule has 0 heterocycles. The SMILES string of the molecule is O=C(O)CCCCOc1ccc(F)cc1.O=C(O)CCCCc1ccc(F)cc1. The number of halogens is 2. The van der Waals surface area contributed by atoms with E-state index >= 15 is 0 Å². The first-order valence-electron chi connectivity index (χ1n) is 9.43. The van der Waals surface area contributed by atoms with Gasteiger partial charge in [-0.05, 0) is 74.1 Å². The number of carboxylic acids is 2. The molecule has 7 heteroatoms. The molecule has 0 aliphatic heterocycles. The van der Waals surface area contributed by atoms with Crippen LogP contribution in [0.4, 0.5) is 8.78 Å². The summed E-state index contributed by atoms with van der Waals surface area (Å²) in [6.45, 7) is 0.457. The zero-order valence-electron chi connectivity index (χ0n) is 16.2. The lowest BCUT2D eigenvalue weighted by atomic mass is 10.1. The lowest BCUT2D eigenvalue weighted by Crippen LogP contribution is -2.00. The maximum atomic E-state index is 12.5. The van der Waals surface area contributed by atoms with Crippen molar-refractivity contribution in [2.24, 2.45) is 0 Å². The summed E-state index contributed by atoms with van der Waals surface area (Å²) in [5, 5.41) is 16.8. The first-order valence-corrected chi connectivity index (χ1v) is 9.43. The molecule has 158 valence electrons. The Morgan fingerprint density at radius 3 is 1.72 bits per heavy atom. The average Bonchev–Trinajstić information content (AvgIpc) is 2.68. The smallest absolute Gasteiger partial charge is 0.303 e. The van der Waals surface area contributed by atoms with Crippen molar-refractivity contribution in [2.45, 2.75) is 44.9 Å². The fourth-order valence-corrected chi connectivity index (χ4v) is 2.36. The highest BCUT2D eigenvalue weighted by molar-refractivity contribution is 5.66. The molecule has 0 saturated heterocycles. The van der Waals surface area contributed by atoms with E-state index in [9.17, 15) is 18.4 Å². The first-order chi connectivity index (χ1) is 13.9. The van der Waals surface area contributed by atoms with Gasteiger partial charge in [0.15, 0.2) is 0 Å². The summed E-state index contributed by atoms with van der Waals surface area (Å²) in [5.41, 5.74) is 1.05. The van der Waals surface area contributed by atoms with Crippen LogP contribution in [0.2, 0.25) is 0 Å². The second kappa shape index (κ2) is 14.1. The molecular weight excluding hydrogens is 382 g/mol. The zero-order valence-corrected chi connectivity index (χ0v) is 16.2. The molecule has 0 amide bonds. The van der Waals surface area contributed by atoms with Crippen LogP contribution in [0.3, 0.4) is 0 Å². The standard InChI is InChI=1S/C11H13FO3.C11H13FO2/c12-9-4-6-10(7-5-9)15-8-2-1-3-11(13)14;12-10-7-5-9(6-8-10)3-1-2-4-11(13)14/h4-7H,1-3,8H2,(H,13,14);5-8H,1-4H2,(H,13,14). The number of carboxylic acid groups (broad SMARTS) is 2. The van der Waals surface area contributed by atoms with E-state index < -0.39 is 11.9 Å². The quantitative estimate of drug-likeness (QED) is 0.507. The fraction of sp³-hybridized carbons (Fsp3) is 0.364. The summed E-state index contributed by atoms with van der Waals surface area (Å²) in [7, 11) is 0. The van der Waals surface area contributed by atoms with E-state index in [0.29, 0.717) is 31.6 Å². The van der Waals surface area contributed by atoms with Crippen LogP contribution in [0.1, 0.15) is 44.1 Å². The van der Waals surface area contributed by atoms with Crippen LogP contribution in [-0.4, -0.2) is 28.8 Å². The van der Waals surface area contributed by atoms with Crippen molar-refractivity contribution in [3.05, 3.63) is 65.7 Å². The van der Waals surface area contributed by atoms with Gasteiger partial charge in [0.25, 0.3) is 0 Å². The Bertz CT molecular complexity index is 730. The summed E-state index contributed by atoms with van der Waals surface area (Å²) < 4.78 is 30.3. The number of carbonyl (C=O) groups is 2. The molecule has 2 aromatic rings. The lowest BCUT2D eigenvalue weighted by molar-refractivity contribution is -0.138. The van der Waals surface area contributed by atoms with E-state index in [4.69, 9.17) is 14.9 Å². The highest BCUT2D eigenvalue weighted by Gasteiger charge is 1.99. The van der Waals surface area contributed by atoms with Gasteiger partial charge in [0.2, 0.25) is 0 Å². The Labute approximate surface area is 168 Å². The van der Waals surface area contributed by atoms with Crippen LogP contribution in [0, 0.1) is 11.6 Å². The van der Waals surface area contributed by atoms with Gasteiger partial charge in [0.1, 0.15) is 17.4 Å². The molecular formula is C22H26F2O5. The third-order valence-corrected chi connectivity index (χ3v) is 3.89. The van der Waals surface area contributed by atoms with Crippen molar-refractivity contribution in [1.29, 1.82) is 0 Å². The van der Waals surface area contributed by atoms with Gasteiger partial charge in [0, 0.05) is 12.8 Å². The molecule has 0 aliphatic carbocycles. The van der Waals surface area contributed by atoms with Crippen molar-refractivity contribution in [3.8, 4) is 5.75 Å². The third-order valence-electron chi connectivity index (χ3n) is 3.89. The number of rotatable bonds is 11. The second-order valence-corrected chi connectivity index (χ2v) is 6.38. The molecule has 0 radical (unpaired) electrons. The van der Waals surface area contributed by atoms with Crippen molar-refractivity contribution in [1.82, 2.24) is 0 Å². The first kappa shape index (κ1) is 24.1. The molecule has 0 unspecified atom stereocenters. The van der Waals surface area contributed by atoms with Crippen LogP contribution in [-0.2, 0) is 16.0 Å². The molecule has 0 fully saturated rings. The Kier molecular flexibility index (Phi) is 11.7. The topological polar surface area (TPSA) is 83.8 Å². The number of benzene rings is 2. The number of ether oxygens (including phenoxy) is 1. The summed E-state index contributed by atoms with van der Waals surface area (Å²) in [5.74, 6) is -1.49. The molecule has 0 atom stereocenters. The number of hydrogen-bond acceptors (Lipinski definition) is 3. The molecule has 0 bridgehead atoms. The van der Waals surface area contributed by atoms with Crippen molar-refractivity contribution >= 4 is 11.9 Å². The molecule has 5 nitrogen and oxygen atoms in total. The van der Waals surface area contributed by atoms with E-state index in [1.54, 1.807) is 24.3 Å². The van der Waals surface area contributed by atoms with Crippen molar-refractivity contribution in [2.75, 3.05) is 6.61 Å². The monoisotopic (exact) mass is 408 g/mol. The Hall–Kier alpha value is -2.96. The molecule has 0 aromatic heterocycles. The second-order valence-electron chi connectivity index (χ2n) is 6.38. The highest BCUT2D eigenvalue weighted by atomic mass is 19.1. The summed E-state index contributed by atoms with van der Waals surface area (Å²) in [6, 6.07) is 12.1. The summed E-state index contributed by atoms with van der Waals surface area (Å²) >= 11 is 0. The minimum absolute atomic E-state index is 0.160. The predicted octanol–water partition coefficient (Wildman–Crippen LogP) is 5.08. The van der Waals surface area contributed by atoms with Crippen LogP contribution < -0.4 is 4.74 Å². The van der Waals surface area contributed by atoms with Gasteiger partial charge < -0.3 is 14.9 Å². The average molecular weight is 408 g/mol. The molecule has 2 aromatic carbocycles. The maximum absolute atomic E-state index is 12.5. The molecule has 0 aliphatic rings. The van der Waals surface area contributed by atoms with Crippen molar-refractivity contribution < 1.29 is 33.3 Å². The van der Waals surface area contributed by atoms with Crippen molar-refractivity contribution in [3.63, 3.8) is 0 Å². The largest absolute Gasteiger partial charge is 0.494 e. The van der Waals surface area contributed by atoms with Crippen LogP contribution in [0.25, 0.3) is 0 Å². The Balaban J connectivity index is 0.000000291. The van der Waals surface area contributed by atoms with Gasteiger partial charge in [-0.3, -0.25) is 9.59 Å². The van der Waals surface area contributed by atoms with E-state index in [0.717, 1.165) is 18.4 Å². The molecule has 0 spiro atoms. The lowest BCUT2D eigenvalue weighted by Gasteiger charge is -2.04. The third kappa shape index (κ3) is 12.9. The Morgan fingerprint density at radius 2 is 1.21 bits per heavy atom. The van der Waals surface area contributed by atoms with Gasteiger partial charge in [-0.25, -0.2) is 8.78 Å². The van der Waals surface area contributed by atoms with Gasteiger partial charge in [-0.1, -0.05) is 12.1 Å². The number of aliphatic carboxylic acids is 2. The maximum Gasteiger partial charge on any atom is 0.303 e. The molecule has 0 saturated carbocycles. The summed E-state index contributed by atoms with van der Waals surface area (Å²) in [4.78, 5) is 20.4. The van der Waals surface area contributed by atoms with Gasteiger partial charge >= 0.3 is 11.9 Å².